The highest BCUT2D eigenvalue weighted by Crippen LogP contribution is 2.55. The van der Waals surface area contributed by atoms with E-state index in [0.29, 0.717) is 23.7 Å². The number of anilines is 2. The van der Waals surface area contributed by atoms with E-state index in [-0.39, 0.29) is 17.7 Å². The Balaban J connectivity index is 1.52. The van der Waals surface area contributed by atoms with E-state index < -0.39 is 23.4 Å². The minimum atomic E-state index is -1.35. The number of hydrogen-bond donors (Lipinski definition) is 1. The molecule has 3 aliphatic rings. The Labute approximate surface area is 220 Å². The maximum absolute atomic E-state index is 14.3. The smallest absolute Gasteiger partial charge is 0.253 e. The molecule has 0 bridgehead atoms. The van der Waals surface area contributed by atoms with Gasteiger partial charge in [-0.25, -0.2) is 4.90 Å². The van der Waals surface area contributed by atoms with Gasteiger partial charge in [0.25, 0.3) is 5.91 Å². The molecule has 0 aromatic heterocycles. The number of halogens is 1. The highest BCUT2D eigenvalue weighted by molar-refractivity contribution is 6.31. The van der Waals surface area contributed by atoms with Gasteiger partial charge in [0.05, 0.1) is 17.5 Å². The Morgan fingerprint density at radius 3 is 2.43 bits per heavy atom. The molecular weight excluding hydrogens is 486 g/mol. The van der Waals surface area contributed by atoms with E-state index >= 15 is 0 Å². The fourth-order valence-corrected chi connectivity index (χ4v) is 6.47. The molecule has 2 fully saturated rings. The monoisotopic (exact) mass is 511 g/mol. The lowest BCUT2D eigenvalue weighted by molar-refractivity contribution is -0.132. The predicted octanol–water partition coefficient (Wildman–Crippen LogP) is 4.48. The number of carbonyl (C=O) groups is 3. The van der Waals surface area contributed by atoms with Crippen LogP contribution in [0.5, 0.6) is 0 Å². The zero-order valence-electron chi connectivity index (χ0n) is 20.4. The fraction of sp³-hybridized carbons (Fsp3) is 0.233. The summed E-state index contributed by atoms with van der Waals surface area (Å²) in [6.07, 6.45) is 0.502. The topological polar surface area (TPSA) is 69.7 Å². The number of fused-ring (bicyclic) bond motifs is 4. The number of nitrogens with zero attached hydrogens (tertiary/aromatic N) is 2. The van der Waals surface area contributed by atoms with E-state index in [4.69, 9.17) is 11.6 Å². The zero-order valence-corrected chi connectivity index (χ0v) is 21.1. The SMILES string of the molecule is C=C(C)CN1C(=O)[C@]2(N[C@@H](Cc3ccccc3)[C@H]3C(=O)N(c4cccc(Cl)c4)C(=O)[C@H]32)c2ccccc21. The number of para-hydroxylation sites is 1. The molecule has 3 amide bonds. The first-order chi connectivity index (χ1) is 17.8. The Bertz CT molecular complexity index is 1460. The first kappa shape index (κ1) is 23.6. The van der Waals surface area contributed by atoms with Crippen molar-refractivity contribution in [3.63, 3.8) is 0 Å². The molecule has 0 radical (unpaired) electrons. The van der Waals surface area contributed by atoms with Crippen LogP contribution < -0.4 is 15.1 Å². The van der Waals surface area contributed by atoms with Gasteiger partial charge in [0.15, 0.2) is 0 Å². The summed E-state index contributed by atoms with van der Waals surface area (Å²) in [6, 6.07) is 23.7. The molecule has 1 N–H and O–H groups in total. The molecular formula is C30H26ClN3O3. The van der Waals surface area contributed by atoms with Gasteiger partial charge in [-0.15, -0.1) is 0 Å². The van der Waals surface area contributed by atoms with Gasteiger partial charge in [-0.3, -0.25) is 19.7 Å². The molecule has 6 nitrogen and oxygen atoms in total. The maximum Gasteiger partial charge on any atom is 0.253 e. The van der Waals surface area contributed by atoms with Crippen LogP contribution in [0.2, 0.25) is 5.02 Å². The minimum absolute atomic E-state index is 0.226. The zero-order chi connectivity index (χ0) is 25.9. The van der Waals surface area contributed by atoms with E-state index in [0.717, 1.165) is 22.4 Å². The van der Waals surface area contributed by atoms with Gasteiger partial charge in [0.2, 0.25) is 11.8 Å². The van der Waals surface area contributed by atoms with Gasteiger partial charge < -0.3 is 4.90 Å². The number of hydrogen-bond acceptors (Lipinski definition) is 4. The second-order valence-electron chi connectivity index (χ2n) is 10.1. The lowest BCUT2D eigenvalue weighted by Gasteiger charge is -2.31. The van der Waals surface area contributed by atoms with E-state index in [1.807, 2.05) is 61.5 Å². The summed E-state index contributed by atoms with van der Waals surface area (Å²) >= 11 is 6.22. The van der Waals surface area contributed by atoms with Crippen LogP contribution in [0, 0.1) is 11.8 Å². The second-order valence-corrected chi connectivity index (χ2v) is 10.5. The van der Waals surface area contributed by atoms with Crippen molar-refractivity contribution in [2.24, 2.45) is 11.8 Å². The van der Waals surface area contributed by atoms with Crippen molar-refractivity contribution in [2.75, 3.05) is 16.3 Å². The summed E-state index contributed by atoms with van der Waals surface area (Å²) in [4.78, 5) is 45.4. The van der Waals surface area contributed by atoms with Crippen LogP contribution in [0.15, 0.2) is 91.0 Å². The molecule has 6 rings (SSSR count). The molecule has 0 unspecified atom stereocenters. The molecule has 3 aromatic rings. The quantitative estimate of drug-likeness (QED) is 0.405. The van der Waals surface area contributed by atoms with Gasteiger partial charge >= 0.3 is 0 Å². The lowest BCUT2D eigenvalue weighted by Crippen LogP contribution is -2.55. The lowest BCUT2D eigenvalue weighted by atomic mass is 9.76. The Morgan fingerprint density at radius 2 is 1.70 bits per heavy atom. The predicted molar refractivity (Wildman–Crippen MR) is 143 cm³/mol. The summed E-state index contributed by atoms with van der Waals surface area (Å²) in [5, 5.41) is 3.98. The van der Waals surface area contributed by atoms with Gasteiger partial charge in [-0.1, -0.05) is 78.4 Å². The van der Waals surface area contributed by atoms with E-state index in [2.05, 4.69) is 11.9 Å². The minimum Gasteiger partial charge on any atom is -0.306 e. The third-order valence-corrected chi connectivity index (χ3v) is 7.89. The molecule has 3 aliphatic heterocycles. The number of benzene rings is 3. The molecule has 2 saturated heterocycles. The summed E-state index contributed by atoms with van der Waals surface area (Å²) in [5.74, 6) is -2.53. The van der Waals surface area contributed by atoms with Gasteiger partial charge in [0, 0.05) is 28.9 Å². The third kappa shape index (κ3) is 3.47. The van der Waals surface area contributed by atoms with E-state index in [1.54, 1.807) is 29.2 Å². The second kappa shape index (κ2) is 8.68. The highest BCUT2D eigenvalue weighted by atomic mass is 35.5. The number of rotatable bonds is 5. The Hall–Kier alpha value is -3.74. The van der Waals surface area contributed by atoms with Crippen molar-refractivity contribution in [1.29, 1.82) is 0 Å². The molecule has 0 aliphatic carbocycles. The van der Waals surface area contributed by atoms with Crippen LogP contribution >= 0.6 is 11.6 Å². The summed E-state index contributed by atoms with van der Waals surface area (Å²) in [7, 11) is 0. The van der Waals surface area contributed by atoms with Crippen molar-refractivity contribution in [3.05, 3.63) is 107 Å². The normalized spacial score (nSPS) is 26.2. The average Bonchev–Trinajstić information content (AvgIpc) is 3.44. The molecule has 1 spiro atoms. The fourth-order valence-electron chi connectivity index (χ4n) is 6.29. The molecule has 0 saturated carbocycles. The van der Waals surface area contributed by atoms with Crippen molar-refractivity contribution in [1.82, 2.24) is 5.32 Å². The van der Waals surface area contributed by atoms with Gasteiger partial charge in [0.1, 0.15) is 5.54 Å². The summed E-state index contributed by atoms with van der Waals surface area (Å²) in [6.45, 7) is 6.21. The van der Waals surface area contributed by atoms with Crippen LogP contribution in [0.1, 0.15) is 18.1 Å². The highest BCUT2D eigenvalue weighted by Gasteiger charge is 2.71. The molecule has 3 heterocycles. The molecule has 3 aromatic carbocycles. The average molecular weight is 512 g/mol. The largest absolute Gasteiger partial charge is 0.306 e. The first-order valence-electron chi connectivity index (χ1n) is 12.3. The number of nitrogens with one attached hydrogen (secondary N) is 1. The third-order valence-electron chi connectivity index (χ3n) is 7.66. The Morgan fingerprint density at radius 1 is 0.973 bits per heavy atom. The van der Waals surface area contributed by atoms with Crippen LogP contribution in [0.3, 0.4) is 0 Å². The molecule has 7 heteroatoms. The summed E-state index contributed by atoms with van der Waals surface area (Å²) < 4.78 is 0. The van der Waals surface area contributed by atoms with Crippen LogP contribution in [0.25, 0.3) is 0 Å². The van der Waals surface area contributed by atoms with Crippen molar-refractivity contribution < 1.29 is 14.4 Å². The van der Waals surface area contributed by atoms with E-state index in [1.165, 1.54) is 4.90 Å². The molecule has 186 valence electrons. The van der Waals surface area contributed by atoms with Gasteiger partial charge in [-0.05, 0) is 43.2 Å². The van der Waals surface area contributed by atoms with Crippen LogP contribution in [-0.4, -0.2) is 30.3 Å². The van der Waals surface area contributed by atoms with Crippen molar-refractivity contribution in [2.45, 2.75) is 24.9 Å². The Kier molecular flexibility index (Phi) is 5.55. The summed E-state index contributed by atoms with van der Waals surface area (Å²) in [5.41, 5.74) is 2.38. The van der Waals surface area contributed by atoms with E-state index in [9.17, 15) is 14.4 Å². The first-order valence-corrected chi connectivity index (χ1v) is 12.7. The van der Waals surface area contributed by atoms with Gasteiger partial charge in [-0.2, -0.15) is 0 Å². The van der Waals surface area contributed by atoms with Crippen molar-refractivity contribution in [3.8, 4) is 0 Å². The van der Waals surface area contributed by atoms with Crippen LogP contribution in [0.4, 0.5) is 11.4 Å². The standard InChI is InChI=1S/C30H26ClN3O3/c1-18(2)17-33-24-14-7-6-13-22(24)30(29(33)37)26-25(23(32-30)15-19-9-4-3-5-10-19)27(35)34(28(26)36)21-12-8-11-20(31)16-21/h3-14,16,23,25-26,32H,1,15,17H2,2H3/t23-,25+,26-,30-/m0/s1. The molecule has 4 atom stereocenters. The van der Waals surface area contributed by atoms with Crippen LogP contribution in [-0.2, 0) is 26.3 Å². The van der Waals surface area contributed by atoms with Crippen molar-refractivity contribution >= 4 is 40.7 Å². The number of imide groups is 1. The maximum atomic E-state index is 14.3. The number of amides is 3. The number of carbonyl (C=O) groups excluding carboxylic acids is 3. The molecule has 37 heavy (non-hydrogen) atoms.